The van der Waals surface area contributed by atoms with Gasteiger partial charge in [-0.3, -0.25) is 0 Å². The van der Waals surface area contributed by atoms with Gasteiger partial charge in [0.1, 0.15) is 0 Å². The van der Waals surface area contributed by atoms with E-state index in [1.807, 2.05) is 0 Å². The fraction of sp³-hybridized carbons (Fsp3) is 1.00. The molecule has 2 heteroatoms. The van der Waals surface area contributed by atoms with Crippen LogP contribution in [0.5, 0.6) is 0 Å². The highest BCUT2D eigenvalue weighted by Gasteiger charge is 2.52. The van der Waals surface area contributed by atoms with E-state index in [1.54, 1.807) is 0 Å². The van der Waals surface area contributed by atoms with Crippen LogP contribution in [0.4, 0.5) is 0 Å². The lowest BCUT2D eigenvalue weighted by Gasteiger charge is -2.57. The van der Waals surface area contributed by atoms with E-state index in [2.05, 4.69) is 62.3 Å². The summed E-state index contributed by atoms with van der Waals surface area (Å²) in [4.78, 5) is 0. The Morgan fingerprint density at radius 2 is 0.882 bits per heavy atom. The SMILES string of the molecule is CC(C)C(C)(C(C)C)C(N)(C(C)C)C(C)C.N. The van der Waals surface area contributed by atoms with E-state index >= 15 is 0 Å². The second-order valence-corrected chi connectivity index (χ2v) is 6.83. The zero-order valence-electron chi connectivity index (χ0n) is 13.6. The number of hydrogen-bond acceptors (Lipinski definition) is 2. The molecule has 0 atom stereocenters. The van der Waals surface area contributed by atoms with Crippen molar-refractivity contribution in [1.82, 2.24) is 6.15 Å². The molecule has 0 radical (unpaired) electrons. The lowest BCUT2D eigenvalue weighted by atomic mass is 9.52. The first-order valence-electron chi connectivity index (χ1n) is 6.81. The summed E-state index contributed by atoms with van der Waals surface area (Å²) in [6.07, 6.45) is 0. The first-order chi connectivity index (χ1) is 7.02. The first-order valence-corrected chi connectivity index (χ1v) is 6.81. The van der Waals surface area contributed by atoms with Crippen molar-refractivity contribution in [1.29, 1.82) is 0 Å². The third-order valence-corrected chi connectivity index (χ3v) is 5.24. The zero-order valence-corrected chi connectivity index (χ0v) is 13.6. The summed E-state index contributed by atoms with van der Waals surface area (Å²) in [5, 5.41) is 0. The molecule has 0 aliphatic heterocycles. The third-order valence-electron chi connectivity index (χ3n) is 5.24. The minimum atomic E-state index is -0.102. The minimum Gasteiger partial charge on any atom is -0.344 e. The predicted octanol–water partition coefficient (Wildman–Crippen LogP) is 4.48. The van der Waals surface area contributed by atoms with Crippen molar-refractivity contribution in [3.05, 3.63) is 0 Å². The normalized spacial score (nSPS) is 13.8. The van der Waals surface area contributed by atoms with Gasteiger partial charge in [-0.1, -0.05) is 62.3 Å². The van der Waals surface area contributed by atoms with Gasteiger partial charge in [0.15, 0.2) is 0 Å². The van der Waals surface area contributed by atoms with Crippen LogP contribution in [0.3, 0.4) is 0 Å². The van der Waals surface area contributed by atoms with Gasteiger partial charge in [0.05, 0.1) is 0 Å². The van der Waals surface area contributed by atoms with Crippen molar-refractivity contribution in [3.8, 4) is 0 Å². The second kappa shape index (κ2) is 6.19. The molecule has 0 spiro atoms. The molecule has 2 nitrogen and oxygen atoms in total. The lowest BCUT2D eigenvalue weighted by Crippen LogP contribution is -2.65. The number of rotatable bonds is 5. The van der Waals surface area contributed by atoms with Gasteiger partial charge in [0, 0.05) is 5.54 Å². The third kappa shape index (κ3) is 2.85. The molecule has 0 amide bonds. The average Bonchev–Trinajstić information content (AvgIpc) is 2.13. The van der Waals surface area contributed by atoms with E-state index < -0.39 is 0 Å². The summed E-state index contributed by atoms with van der Waals surface area (Å²) < 4.78 is 0. The molecule has 0 bridgehead atoms. The molecule has 106 valence electrons. The van der Waals surface area contributed by atoms with Crippen LogP contribution >= 0.6 is 0 Å². The van der Waals surface area contributed by atoms with E-state index in [4.69, 9.17) is 5.73 Å². The summed E-state index contributed by atoms with van der Waals surface area (Å²) in [6.45, 7) is 20.7. The number of hydrogen-bond donors (Lipinski definition) is 2. The molecule has 0 aliphatic carbocycles. The van der Waals surface area contributed by atoms with E-state index in [-0.39, 0.29) is 17.1 Å². The monoisotopic (exact) mass is 244 g/mol. The van der Waals surface area contributed by atoms with Crippen LogP contribution in [0.25, 0.3) is 0 Å². The van der Waals surface area contributed by atoms with Gasteiger partial charge in [-0.05, 0) is 29.1 Å². The molecule has 0 aromatic heterocycles. The van der Waals surface area contributed by atoms with Crippen molar-refractivity contribution < 1.29 is 0 Å². The summed E-state index contributed by atoms with van der Waals surface area (Å²) in [5.41, 5.74) is 6.94. The van der Waals surface area contributed by atoms with Crippen LogP contribution in [-0.4, -0.2) is 5.54 Å². The summed E-state index contributed by atoms with van der Waals surface area (Å²) in [5.74, 6) is 2.20. The Morgan fingerprint density at radius 1 is 0.647 bits per heavy atom. The van der Waals surface area contributed by atoms with Gasteiger partial charge in [-0.2, -0.15) is 0 Å². The van der Waals surface area contributed by atoms with Gasteiger partial charge in [-0.25, -0.2) is 0 Å². The van der Waals surface area contributed by atoms with Crippen LogP contribution in [0, 0.1) is 29.1 Å². The molecule has 5 N–H and O–H groups in total. The summed E-state index contributed by atoms with van der Waals surface area (Å²) in [6, 6.07) is 0. The molecule has 0 fully saturated rings. The van der Waals surface area contributed by atoms with Crippen molar-refractivity contribution in [2.24, 2.45) is 34.8 Å². The Hall–Kier alpha value is -0.0800. The second-order valence-electron chi connectivity index (χ2n) is 6.83. The Kier molecular flexibility index (Phi) is 7.02. The Labute approximate surface area is 109 Å². The van der Waals surface area contributed by atoms with E-state index in [1.165, 1.54) is 0 Å². The molecule has 0 rings (SSSR count). The van der Waals surface area contributed by atoms with Crippen LogP contribution < -0.4 is 11.9 Å². The minimum absolute atomic E-state index is 0. The molecule has 0 aromatic rings. The van der Waals surface area contributed by atoms with Crippen molar-refractivity contribution in [3.63, 3.8) is 0 Å². The highest BCUT2D eigenvalue weighted by Crippen LogP contribution is 2.50. The molecule has 17 heavy (non-hydrogen) atoms. The maximum Gasteiger partial charge on any atom is 0.0260 e. The zero-order chi connectivity index (χ0) is 13.3. The molecule has 0 aromatic carbocycles. The van der Waals surface area contributed by atoms with E-state index in [0.29, 0.717) is 23.7 Å². The maximum absolute atomic E-state index is 6.86. The quantitative estimate of drug-likeness (QED) is 0.749. The van der Waals surface area contributed by atoms with Crippen LogP contribution in [-0.2, 0) is 0 Å². The fourth-order valence-corrected chi connectivity index (χ4v) is 3.58. The Morgan fingerprint density at radius 3 is 0.941 bits per heavy atom. The highest BCUT2D eigenvalue weighted by molar-refractivity contribution is 5.06. The van der Waals surface area contributed by atoms with Crippen LogP contribution in [0.15, 0.2) is 0 Å². The average molecular weight is 244 g/mol. The molecule has 0 aliphatic rings. The van der Waals surface area contributed by atoms with Crippen molar-refractivity contribution in [2.75, 3.05) is 0 Å². The predicted molar refractivity (Wildman–Crippen MR) is 79.4 cm³/mol. The fourth-order valence-electron chi connectivity index (χ4n) is 3.58. The van der Waals surface area contributed by atoms with Crippen LogP contribution in [0.2, 0.25) is 0 Å². The molecule has 0 heterocycles. The van der Waals surface area contributed by atoms with Gasteiger partial charge < -0.3 is 11.9 Å². The smallest absolute Gasteiger partial charge is 0.0260 e. The lowest BCUT2D eigenvalue weighted by molar-refractivity contribution is -0.0317. The van der Waals surface area contributed by atoms with E-state index in [9.17, 15) is 0 Å². The Balaban J connectivity index is 0. The standard InChI is InChI=1S/C15H33N.H3N/c1-10(2)14(9,11(3)4)15(16,12(5)6)13(7)8;/h10-13H,16H2,1-9H3;1H3. The Bertz CT molecular complexity index is 177. The molecule has 0 saturated carbocycles. The van der Waals surface area contributed by atoms with Gasteiger partial charge in [0.2, 0.25) is 0 Å². The van der Waals surface area contributed by atoms with Crippen LogP contribution in [0.1, 0.15) is 62.3 Å². The van der Waals surface area contributed by atoms with Crippen molar-refractivity contribution >= 4 is 0 Å². The van der Waals surface area contributed by atoms with Gasteiger partial charge >= 0.3 is 0 Å². The first kappa shape index (κ1) is 19.3. The molecular weight excluding hydrogens is 208 g/mol. The summed E-state index contributed by atoms with van der Waals surface area (Å²) >= 11 is 0. The maximum atomic E-state index is 6.86. The molecule has 0 saturated heterocycles. The topological polar surface area (TPSA) is 61.0 Å². The van der Waals surface area contributed by atoms with Gasteiger partial charge in [0.25, 0.3) is 0 Å². The highest BCUT2D eigenvalue weighted by atomic mass is 14.8. The summed E-state index contributed by atoms with van der Waals surface area (Å²) in [7, 11) is 0. The molecular formula is C15H36N2. The van der Waals surface area contributed by atoms with Gasteiger partial charge in [-0.15, -0.1) is 0 Å². The number of nitrogens with two attached hydrogens (primary N) is 1. The molecule has 0 unspecified atom stereocenters. The largest absolute Gasteiger partial charge is 0.344 e. The van der Waals surface area contributed by atoms with Crippen molar-refractivity contribution in [2.45, 2.75) is 67.9 Å². The van der Waals surface area contributed by atoms with E-state index in [0.717, 1.165) is 0 Å².